The third kappa shape index (κ3) is 6.02. The van der Waals surface area contributed by atoms with Gasteiger partial charge in [0.05, 0.1) is 33.5 Å². The number of halogens is 2. The highest BCUT2D eigenvalue weighted by molar-refractivity contribution is 7.92. The standard InChI is InChI=1S/C22H25ClFN7O4S/c1-3-36(34,35)31-16-9-13(24)8-14(17(16)23)18-19(30-20(29-18)12-4-5-12)15-6-7-25-21(28-15)26-10-11(2)27-22(32)33/h6-9,11-12,27,31H,3-5,10H2,1-2H3,(H,29,30)(H,32,33)(H,25,26,28)/t11-/m0/s1. The van der Waals surface area contributed by atoms with Crippen LogP contribution in [0.25, 0.3) is 22.6 Å². The summed E-state index contributed by atoms with van der Waals surface area (Å²) in [6.07, 6.45) is 2.29. The molecule has 192 valence electrons. The van der Waals surface area contributed by atoms with Gasteiger partial charge in [0.2, 0.25) is 16.0 Å². The van der Waals surface area contributed by atoms with Crippen molar-refractivity contribution in [2.75, 3.05) is 22.3 Å². The molecule has 1 aromatic carbocycles. The Balaban J connectivity index is 1.73. The maximum Gasteiger partial charge on any atom is 0.404 e. The van der Waals surface area contributed by atoms with Gasteiger partial charge in [0, 0.05) is 30.3 Å². The number of sulfonamides is 1. The van der Waals surface area contributed by atoms with E-state index in [1.165, 1.54) is 19.2 Å². The molecular formula is C22H25ClFN7O4S. The molecule has 1 fully saturated rings. The molecule has 0 radical (unpaired) electrons. The maximum atomic E-state index is 14.6. The number of hydrogen-bond acceptors (Lipinski definition) is 7. The van der Waals surface area contributed by atoms with Crippen LogP contribution in [-0.2, 0) is 10.0 Å². The fourth-order valence-corrected chi connectivity index (χ4v) is 4.43. The van der Waals surface area contributed by atoms with Gasteiger partial charge in [-0.2, -0.15) is 0 Å². The first-order valence-electron chi connectivity index (χ1n) is 11.2. The van der Waals surface area contributed by atoms with Gasteiger partial charge < -0.3 is 20.7 Å². The Bertz CT molecular complexity index is 1400. The minimum Gasteiger partial charge on any atom is -0.465 e. The van der Waals surface area contributed by atoms with Crippen molar-refractivity contribution in [3.8, 4) is 22.6 Å². The van der Waals surface area contributed by atoms with Crippen molar-refractivity contribution in [2.24, 2.45) is 0 Å². The number of carbonyl (C=O) groups is 1. The van der Waals surface area contributed by atoms with Crippen molar-refractivity contribution < 1.29 is 22.7 Å². The molecule has 0 aliphatic heterocycles. The summed E-state index contributed by atoms with van der Waals surface area (Å²) in [5.41, 5.74) is 1.35. The number of rotatable bonds is 10. The fourth-order valence-electron chi connectivity index (χ4n) is 3.49. The number of aromatic nitrogens is 4. The third-order valence-electron chi connectivity index (χ3n) is 5.47. The van der Waals surface area contributed by atoms with E-state index in [0.29, 0.717) is 22.9 Å². The molecule has 0 bridgehead atoms. The highest BCUT2D eigenvalue weighted by atomic mass is 35.5. The molecule has 14 heteroatoms. The summed E-state index contributed by atoms with van der Waals surface area (Å²) >= 11 is 6.55. The maximum absolute atomic E-state index is 14.6. The number of carboxylic acid groups (broad SMARTS) is 1. The van der Waals surface area contributed by atoms with Gasteiger partial charge in [-0.3, -0.25) is 4.72 Å². The van der Waals surface area contributed by atoms with Crippen molar-refractivity contribution in [1.29, 1.82) is 0 Å². The molecule has 1 aliphatic rings. The Hall–Kier alpha value is -3.45. The van der Waals surface area contributed by atoms with Crippen LogP contribution in [-0.4, -0.2) is 57.9 Å². The van der Waals surface area contributed by atoms with Crippen molar-refractivity contribution in [1.82, 2.24) is 25.3 Å². The van der Waals surface area contributed by atoms with Crippen LogP contribution in [0.4, 0.5) is 20.8 Å². The Morgan fingerprint density at radius 3 is 2.75 bits per heavy atom. The number of H-pyrrole nitrogens is 1. The number of benzene rings is 1. The van der Waals surface area contributed by atoms with Gasteiger partial charge in [0.1, 0.15) is 11.6 Å². The number of nitrogens with one attached hydrogen (secondary N) is 4. The van der Waals surface area contributed by atoms with E-state index in [1.54, 1.807) is 13.0 Å². The molecule has 0 saturated heterocycles. The monoisotopic (exact) mass is 537 g/mol. The largest absolute Gasteiger partial charge is 0.465 e. The predicted octanol–water partition coefficient (Wildman–Crippen LogP) is 4.03. The molecule has 3 aromatic rings. The SMILES string of the molecule is CCS(=O)(=O)Nc1cc(F)cc(-c2nc(C3CC3)[nH]c2-c2ccnc(NC[C@H](C)NC(=O)O)n2)c1Cl. The molecule has 0 spiro atoms. The lowest BCUT2D eigenvalue weighted by Crippen LogP contribution is -2.36. The van der Waals surface area contributed by atoms with Gasteiger partial charge >= 0.3 is 6.09 Å². The molecule has 4 rings (SSSR count). The molecule has 1 saturated carbocycles. The zero-order valence-electron chi connectivity index (χ0n) is 19.5. The molecule has 36 heavy (non-hydrogen) atoms. The number of hydrogen-bond donors (Lipinski definition) is 5. The fraction of sp³-hybridized carbons (Fsp3) is 0.364. The van der Waals surface area contributed by atoms with Crippen molar-refractivity contribution in [2.45, 2.75) is 38.6 Å². The van der Waals surface area contributed by atoms with Crippen LogP contribution in [0.5, 0.6) is 0 Å². The number of anilines is 2. The van der Waals surface area contributed by atoms with Gasteiger partial charge in [0.15, 0.2) is 0 Å². The lowest BCUT2D eigenvalue weighted by molar-refractivity contribution is 0.191. The van der Waals surface area contributed by atoms with Gasteiger partial charge in [-0.1, -0.05) is 11.6 Å². The Morgan fingerprint density at radius 2 is 2.08 bits per heavy atom. The van der Waals surface area contributed by atoms with Gasteiger partial charge in [-0.15, -0.1) is 0 Å². The predicted molar refractivity (Wildman–Crippen MR) is 134 cm³/mol. The second-order valence-corrected chi connectivity index (χ2v) is 10.8. The van der Waals surface area contributed by atoms with E-state index < -0.39 is 28.0 Å². The summed E-state index contributed by atoms with van der Waals surface area (Å²) in [5.74, 6) is 0.289. The van der Waals surface area contributed by atoms with Crippen LogP contribution in [0.1, 0.15) is 38.4 Å². The minimum absolute atomic E-state index is 0.00416. The summed E-state index contributed by atoms with van der Waals surface area (Å²) < 4.78 is 41.1. The summed E-state index contributed by atoms with van der Waals surface area (Å²) in [7, 11) is -3.70. The average molecular weight is 538 g/mol. The van der Waals surface area contributed by atoms with E-state index in [9.17, 15) is 17.6 Å². The minimum atomic E-state index is -3.70. The molecule has 1 amide bonds. The van der Waals surface area contributed by atoms with Gasteiger partial charge in [-0.25, -0.2) is 32.6 Å². The molecule has 1 atom stereocenters. The zero-order valence-corrected chi connectivity index (χ0v) is 21.0. The quantitative estimate of drug-likeness (QED) is 0.259. The Morgan fingerprint density at radius 1 is 1.33 bits per heavy atom. The summed E-state index contributed by atoms with van der Waals surface area (Å²) in [4.78, 5) is 27.4. The Labute approximate surface area is 212 Å². The second-order valence-electron chi connectivity index (χ2n) is 8.44. The third-order valence-corrected chi connectivity index (χ3v) is 7.17. The van der Waals surface area contributed by atoms with Crippen molar-refractivity contribution in [3.63, 3.8) is 0 Å². The smallest absolute Gasteiger partial charge is 0.404 e. The van der Waals surface area contributed by atoms with E-state index in [-0.39, 0.29) is 40.4 Å². The lowest BCUT2D eigenvalue weighted by atomic mass is 10.1. The van der Waals surface area contributed by atoms with Gasteiger partial charge in [-0.05, 0) is 44.9 Å². The highest BCUT2D eigenvalue weighted by Crippen LogP contribution is 2.44. The average Bonchev–Trinajstić information content (AvgIpc) is 3.58. The first-order chi connectivity index (χ1) is 17.1. The molecular weight excluding hydrogens is 513 g/mol. The Kier molecular flexibility index (Phi) is 7.31. The topological polar surface area (TPSA) is 162 Å². The van der Waals surface area contributed by atoms with E-state index in [2.05, 4.69) is 35.3 Å². The lowest BCUT2D eigenvalue weighted by Gasteiger charge is -2.13. The van der Waals surface area contributed by atoms with Crippen molar-refractivity contribution in [3.05, 3.63) is 41.1 Å². The number of amides is 1. The normalized spacial score (nSPS) is 14.3. The first-order valence-corrected chi connectivity index (χ1v) is 13.3. The van der Waals surface area contributed by atoms with Crippen LogP contribution in [0.15, 0.2) is 24.4 Å². The van der Waals surface area contributed by atoms with E-state index in [0.717, 1.165) is 18.9 Å². The number of nitrogens with zero attached hydrogens (tertiary/aromatic N) is 3. The number of aromatic amines is 1. The van der Waals surface area contributed by atoms with Crippen LogP contribution in [0.3, 0.4) is 0 Å². The van der Waals surface area contributed by atoms with E-state index in [1.807, 2.05) is 0 Å². The molecule has 2 aromatic heterocycles. The molecule has 2 heterocycles. The van der Waals surface area contributed by atoms with E-state index in [4.69, 9.17) is 16.7 Å². The van der Waals surface area contributed by atoms with Crippen molar-refractivity contribution >= 4 is 39.4 Å². The van der Waals surface area contributed by atoms with Gasteiger partial charge in [0.25, 0.3) is 0 Å². The van der Waals surface area contributed by atoms with Crippen LogP contribution in [0, 0.1) is 5.82 Å². The zero-order chi connectivity index (χ0) is 26.0. The highest BCUT2D eigenvalue weighted by Gasteiger charge is 2.30. The number of imidazole rings is 1. The summed E-state index contributed by atoms with van der Waals surface area (Å²) in [6.45, 7) is 3.40. The molecule has 11 nitrogen and oxygen atoms in total. The second kappa shape index (κ2) is 10.3. The molecule has 5 N–H and O–H groups in total. The summed E-state index contributed by atoms with van der Waals surface area (Å²) in [6, 6.07) is 3.47. The van der Waals surface area contributed by atoms with Crippen LogP contribution in [0.2, 0.25) is 5.02 Å². The summed E-state index contributed by atoms with van der Waals surface area (Å²) in [5, 5.41) is 14.2. The van der Waals surface area contributed by atoms with E-state index >= 15 is 0 Å². The first kappa shape index (κ1) is 25.6. The van der Waals surface area contributed by atoms with Crippen LogP contribution >= 0.6 is 11.6 Å². The molecule has 1 aliphatic carbocycles. The molecule has 0 unspecified atom stereocenters. The van der Waals surface area contributed by atoms with Crippen LogP contribution < -0.4 is 15.4 Å².